The minimum absolute atomic E-state index is 0.0421. The van der Waals surface area contributed by atoms with Crippen molar-refractivity contribution in [1.82, 2.24) is 4.57 Å². The highest BCUT2D eigenvalue weighted by atomic mass is 15.1. The SMILES string of the molecule is CC(C)(C)c1cc(-c2cccc(-c3ccc(N(c4cc(C(C)(C)C)cc(C(C)(C)C)c4)c4ccc5ccc6c(-n7c8ccccc8c8ccccc87)ccc7ccc4c5c76)cc3)c2)cc(C(C)(C)C)c1. The molecule has 0 fully saturated rings. The van der Waals surface area contributed by atoms with Gasteiger partial charge in [0.1, 0.15) is 0 Å². The van der Waals surface area contributed by atoms with Crippen molar-refractivity contribution in [3.05, 3.63) is 204 Å². The Hall–Kier alpha value is -7.16. The fourth-order valence-electron chi connectivity index (χ4n) is 10.7. The maximum atomic E-state index is 2.52. The first-order valence-corrected chi connectivity index (χ1v) is 25.2. The molecule has 0 unspecified atom stereocenters. The zero-order valence-corrected chi connectivity index (χ0v) is 43.2. The second kappa shape index (κ2) is 16.2. The van der Waals surface area contributed by atoms with Crippen LogP contribution in [0, 0.1) is 0 Å². The van der Waals surface area contributed by atoms with Gasteiger partial charge in [-0.2, -0.15) is 0 Å². The lowest BCUT2D eigenvalue weighted by atomic mass is 9.79. The Kier molecular flexibility index (Phi) is 10.5. The first-order valence-electron chi connectivity index (χ1n) is 25.2. The minimum atomic E-state index is -0.0531. The van der Waals surface area contributed by atoms with E-state index in [0.717, 1.165) is 5.69 Å². The summed E-state index contributed by atoms with van der Waals surface area (Å²) in [6.45, 7) is 27.9. The van der Waals surface area contributed by atoms with Gasteiger partial charge in [-0.15, -0.1) is 0 Å². The fourth-order valence-corrected chi connectivity index (χ4v) is 10.7. The molecule has 0 spiro atoms. The molecule has 0 saturated heterocycles. The molecule has 1 heterocycles. The summed E-state index contributed by atoms with van der Waals surface area (Å²) in [5.74, 6) is 0. The quantitative estimate of drug-likeness (QED) is 0.151. The van der Waals surface area contributed by atoms with Crippen molar-refractivity contribution < 1.29 is 0 Å². The lowest BCUT2D eigenvalue weighted by molar-refractivity contribution is 0.568. The number of fused-ring (bicyclic) bond motifs is 3. The number of hydrogen-bond acceptors (Lipinski definition) is 1. The molecule has 1 aromatic heterocycles. The molecule has 348 valence electrons. The smallest absolute Gasteiger partial charge is 0.0541 e. The van der Waals surface area contributed by atoms with Gasteiger partial charge in [0, 0.05) is 32.9 Å². The molecular weight excluding hydrogens is 845 g/mol. The summed E-state index contributed by atoms with van der Waals surface area (Å²) in [6, 6.07) is 69.3. The molecule has 0 aliphatic heterocycles. The van der Waals surface area contributed by atoms with E-state index in [4.69, 9.17) is 0 Å². The highest BCUT2D eigenvalue weighted by Crippen LogP contribution is 2.48. The molecule has 0 saturated carbocycles. The van der Waals surface area contributed by atoms with Crippen molar-refractivity contribution in [2.45, 2.75) is 105 Å². The molecular formula is C68H66N2. The van der Waals surface area contributed by atoms with E-state index < -0.39 is 0 Å². The van der Waals surface area contributed by atoms with Gasteiger partial charge < -0.3 is 9.47 Å². The summed E-state index contributed by atoms with van der Waals surface area (Å²) in [5, 5.41) is 10.1. The third-order valence-corrected chi connectivity index (χ3v) is 14.9. The average Bonchev–Trinajstić information content (AvgIpc) is 3.66. The van der Waals surface area contributed by atoms with Crippen LogP contribution in [0.5, 0.6) is 0 Å². The van der Waals surface area contributed by atoms with Crippen LogP contribution in [0.15, 0.2) is 182 Å². The van der Waals surface area contributed by atoms with Crippen molar-refractivity contribution in [3.63, 3.8) is 0 Å². The van der Waals surface area contributed by atoms with Crippen LogP contribution in [-0.2, 0) is 21.7 Å². The van der Waals surface area contributed by atoms with Crippen molar-refractivity contribution >= 4 is 71.2 Å². The van der Waals surface area contributed by atoms with Crippen molar-refractivity contribution in [3.8, 4) is 27.9 Å². The summed E-state index contributed by atoms with van der Waals surface area (Å²) in [5.41, 5.74) is 17.4. The van der Waals surface area contributed by atoms with Crippen LogP contribution in [-0.4, -0.2) is 4.57 Å². The van der Waals surface area contributed by atoms with Gasteiger partial charge in [-0.1, -0.05) is 210 Å². The maximum absolute atomic E-state index is 2.52. The zero-order chi connectivity index (χ0) is 49.1. The summed E-state index contributed by atoms with van der Waals surface area (Å²) < 4.78 is 2.47. The normalized spacial score (nSPS) is 12.9. The molecule has 0 bridgehead atoms. The van der Waals surface area contributed by atoms with Gasteiger partial charge >= 0.3 is 0 Å². The van der Waals surface area contributed by atoms with E-state index >= 15 is 0 Å². The molecule has 0 atom stereocenters. The molecule has 11 rings (SSSR count). The van der Waals surface area contributed by atoms with Crippen LogP contribution < -0.4 is 4.90 Å². The molecule has 70 heavy (non-hydrogen) atoms. The number of para-hydroxylation sites is 2. The van der Waals surface area contributed by atoms with E-state index in [9.17, 15) is 0 Å². The number of nitrogens with zero attached hydrogens (tertiary/aromatic N) is 2. The minimum Gasteiger partial charge on any atom is -0.310 e. The average molecular weight is 911 g/mol. The second-order valence-corrected chi connectivity index (χ2v) is 24.0. The summed E-state index contributed by atoms with van der Waals surface area (Å²) in [4.78, 5) is 2.52. The van der Waals surface area contributed by atoms with Gasteiger partial charge in [-0.25, -0.2) is 0 Å². The Morgan fingerprint density at radius 2 is 0.771 bits per heavy atom. The highest BCUT2D eigenvalue weighted by Gasteiger charge is 2.27. The Morgan fingerprint density at radius 3 is 1.31 bits per heavy atom. The number of rotatable bonds is 6. The second-order valence-electron chi connectivity index (χ2n) is 24.0. The largest absolute Gasteiger partial charge is 0.310 e. The topological polar surface area (TPSA) is 8.17 Å². The lowest BCUT2D eigenvalue weighted by Gasteiger charge is -2.32. The molecule has 0 aliphatic carbocycles. The van der Waals surface area contributed by atoms with E-state index in [2.05, 4.69) is 275 Å². The van der Waals surface area contributed by atoms with Crippen molar-refractivity contribution in [2.75, 3.05) is 4.90 Å². The molecule has 2 nitrogen and oxygen atoms in total. The molecule has 0 radical (unpaired) electrons. The fraction of sp³-hybridized carbons (Fsp3) is 0.235. The number of hydrogen-bond donors (Lipinski definition) is 0. The first-order chi connectivity index (χ1) is 33.2. The first kappa shape index (κ1) is 45.3. The lowest BCUT2D eigenvalue weighted by Crippen LogP contribution is -2.19. The van der Waals surface area contributed by atoms with Gasteiger partial charge in [0.15, 0.2) is 0 Å². The monoisotopic (exact) mass is 911 g/mol. The predicted octanol–water partition coefficient (Wildman–Crippen LogP) is 19.7. The molecule has 0 N–H and O–H groups in total. The Morgan fingerprint density at radius 1 is 0.314 bits per heavy atom. The van der Waals surface area contributed by atoms with Gasteiger partial charge in [0.2, 0.25) is 0 Å². The maximum Gasteiger partial charge on any atom is 0.0541 e. The Bertz CT molecular complexity index is 3680. The van der Waals surface area contributed by atoms with Crippen LogP contribution in [0.4, 0.5) is 17.1 Å². The molecule has 0 amide bonds. The zero-order valence-electron chi connectivity index (χ0n) is 43.2. The van der Waals surface area contributed by atoms with Gasteiger partial charge in [-0.3, -0.25) is 0 Å². The highest BCUT2D eigenvalue weighted by molar-refractivity contribution is 6.27. The van der Waals surface area contributed by atoms with Gasteiger partial charge in [-0.05, 0) is 142 Å². The summed E-state index contributed by atoms with van der Waals surface area (Å²) >= 11 is 0. The van der Waals surface area contributed by atoms with Gasteiger partial charge in [0.25, 0.3) is 0 Å². The third kappa shape index (κ3) is 7.83. The van der Waals surface area contributed by atoms with E-state index in [1.807, 2.05) is 0 Å². The van der Waals surface area contributed by atoms with Crippen LogP contribution >= 0.6 is 0 Å². The number of anilines is 3. The standard InChI is InChI=1S/C68H66N2/c1-65(2,3)49-37-48(38-50(39-49)66(4,5)6)47-19-17-18-46(36-47)43-24-30-53(31-25-43)69(54-41-51(67(7,8)9)40-52(42-54)68(10,11)12)61-34-28-44-27-33-58-62(35-29-45-26-32-57(61)63(44)64(45)58)70-59-22-15-13-20-55(59)56-21-14-16-23-60(56)70/h13-42H,1-12H3. The van der Waals surface area contributed by atoms with Crippen LogP contribution in [0.2, 0.25) is 0 Å². The van der Waals surface area contributed by atoms with E-state index in [1.165, 1.54) is 116 Å². The Balaban J connectivity index is 1.10. The third-order valence-electron chi connectivity index (χ3n) is 14.9. The van der Waals surface area contributed by atoms with Gasteiger partial charge in [0.05, 0.1) is 22.4 Å². The van der Waals surface area contributed by atoms with Crippen molar-refractivity contribution in [1.29, 1.82) is 0 Å². The number of benzene rings is 10. The summed E-state index contributed by atoms with van der Waals surface area (Å²) in [7, 11) is 0. The molecule has 0 aliphatic rings. The molecule has 11 aromatic rings. The van der Waals surface area contributed by atoms with Crippen LogP contribution in [0.25, 0.3) is 82.1 Å². The predicted molar refractivity (Wildman–Crippen MR) is 305 cm³/mol. The summed E-state index contributed by atoms with van der Waals surface area (Å²) in [6.07, 6.45) is 0. The van der Waals surface area contributed by atoms with Crippen molar-refractivity contribution in [2.24, 2.45) is 0 Å². The van der Waals surface area contributed by atoms with E-state index in [-0.39, 0.29) is 21.7 Å². The molecule has 10 aromatic carbocycles. The Labute approximate surface area is 415 Å². The van der Waals surface area contributed by atoms with Crippen LogP contribution in [0.3, 0.4) is 0 Å². The number of aromatic nitrogens is 1. The van der Waals surface area contributed by atoms with E-state index in [0.29, 0.717) is 0 Å². The van der Waals surface area contributed by atoms with Crippen LogP contribution in [0.1, 0.15) is 105 Å². The van der Waals surface area contributed by atoms with E-state index in [1.54, 1.807) is 0 Å². The molecule has 2 heteroatoms.